The summed E-state index contributed by atoms with van der Waals surface area (Å²) in [6.07, 6.45) is -0.257. The molecule has 0 aliphatic rings. The van der Waals surface area contributed by atoms with Crippen molar-refractivity contribution in [1.29, 1.82) is 0 Å². The molecule has 35 heavy (non-hydrogen) atoms. The molecule has 0 bridgehead atoms. The van der Waals surface area contributed by atoms with Crippen molar-refractivity contribution in [2.45, 2.75) is 83.0 Å². The molecule has 200 valence electrons. The number of carboxylic acid groups (broad SMARTS) is 3. The largest absolute Gasteiger partial charge is 0.481 e. The van der Waals surface area contributed by atoms with Gasteiger partial charge < -0.3 is 42.7 Å². The summed E-state index contributed by atoms with van der Waals surface area (Å²) in [6, 6.07) is -5.26. The molecule has 10 N–H and O–H groups in total. The molecule has 0 aromatic heterocycles. The second kappa shape index (κ2) is 16.4. The Hall–Kier alpha value is -3.26. The van der Waals surface area contributed by atoms with Gasteiger partial charge in [0, 0.05) is 6.42 Å². The Bertz CT molecular complexity index is 759. The normalized spacial score (nSPS) is 14.3. The van der Waals surface area contributed by atoms with Gasteiger partial charge in [-0.3, -0.25) is 24.0 Å². The lowest BCUT2D eigenvalue weighted by Gasteiger charge is -2.26. The van der Waals surface area contributed by atoms with Crippen LogP contribution in [0.1, 0.15) is 58.8 Å². The number of nitrogens with two attached hydrogens (primary N) is 2. The minimum atomic E-state index is -1.48. The number of carbonyl (C=O) groups excluding carboxylic acids is 3. The van der Waals surface area contributed by atoms with Gasteiger partial charge in [0.1, 0.15) is 18.1 Å². The first-order chi connectivity index (χ1) is 16.3. The molecule has 0 saturated heterocycles. The highest BCUT2D eigenvalue weighted by Crippen LogP contribution is 2.09. The third-order valence-electron chi connectivity index (χ3n) is 4.91. The highest BCUT2D eigenvalue weighted by molar-refractivity contribution is 5.94. The molecule has 0 saturated carbocycles. The molecule has 0 aromatic rings. The zero-order valence-corrected chi connectivity index (χ0v) is 20.0. The fourth-order valence-corrected chi connectivity index (χ4v) is 3.09. The van der Waals surface area contributed by atoms with Gasteiger partial charge in [0.05, 0.1) is 12.5 Å². The summed E-state index contributed by atoms with van der Waals surface area (Å²) in [5, 5.41) is 34.2. The van der Waals surface area contributed by atoms with Gasteiger partial charge in [0.25, 0.3) is 0 Å². The summed E-state index contributed by atoms with van der Waals surface area (Å²) >= 11 is 0. The number of amides is 3. The van der Waals surface area contributed by atoms with Gasteiger partial charge in [-0.1, -0.05) is 13.8 Å². The lowest BCUT2D eigenvalue weighted by atomic mass is 10.0. The van der Waals surface area contributed by atoms with Crippen molar-refractivity contribution in [1.82, 2.24) is 16.0 Å². The molecule has 3 amide bonds. The third-order valence-corrected chi connectivity index (χ3v) is 4.91. The van der Waals surface area contributed by atoms with Crippen LogP contribution in [0.4, 0.5) is 0 Å². The molecule has 0 rings (SSSR count). The first-order valence-electron chi connectivity index (χ1n) is 11.3. The quantitative estimate of drug-likeness (QED) is 0.0985. The smallest absolute Gasteiger partial charge is 0.326 e. The Balaban J connectivity index is 5.53. The second-order valence-electron chi connectivity index (χ2n) is 8.57. The maximum atomic E-state index is 12.9. The third kappa shape index (κ3) is 13.9. The van der Waals surface area contributed by atoms with Crippen molar-refractivity contribution in [2.24, 2.45) is 17.4 Å². The van der Waals surface area contributed by atoms with E-state index in [1.807, 2.05) is 0 Å². The van der Waals surface area contributed by atoms with Crippen LogP contribution in [0.3, 0.4) is 0 Å². The van der Waals surface area contributed by atoms with Gasteiger partial charge in [0.15, 0.2) is 0 Å². The zero-order chi connectivity index (χ0) is 27.1. The van der Waals surface area contributed by atoms with E-state index in [9.17, 15) is 33.9 Å². The number of hydrogen-bond acceptors (Lipinski definition) is 8. The van der Waals surface area contributed by atoms with E-state index in [0.29, 0.717) is 19.4 Å². The lowest BCUT2D eigenvalue weighted by molar-refractivity contribution is -0.142. The second-order valence-corrected chi connectivity index (χ2v) is 8.57. The van der Waals surface area contributed by atoms with Gasteiger partial charge in [-0.05, 0) is 44.6 Å². The predicted octanol–water partition coefficient (Wildman–Crippen LogP) is -1.63. The number of carbonyl (C=O) groups is 6. The van der Waals surface area contributed by atoms with Crippen LogP contribution in [-0.2, 0) is 28.8 Å². The molecule has 4 atom stereocenters. The number of nitrogens with one attached hydrogen (secondary N) is 3. The van der Waals surface area contributed by atoms with Gasteiger partial charge in [-0.2, -0.15) is 0 Å². The summed E-state index contributed by atoms with van der Waals surface area (Å²) in [6.45, 7) is 3.92. The van der Waals surface area contributed by atoms with Crippen molar-refractivity contribution in [3.63, 3.8) is 0 Å². The van der Waals surface area contributed by atoms with Crippen LogP contribution in [0.15, 0.2) is 0 Å². The molecule has 0 aliphatic heterocycles. The first kappa shape index (κ1) is 31.7. The molecule has 0 heterocycles. The standard InChI is InChI=1S/C21H37N5O9/c1-11(2)9-15(20(33)25-14(21(34)35)5-3-4-8-22)26-19(32)13(6-7-16(27)28)24-18(31)12(23)10-17(29)30/h11-15H,3-10,22-23H2,1-2H3,(H,24,31)(H,25,33)(H,26,32)(H,27,28)(H,29,30)(H,34,35)/t12-,13-,14-,15-/m0/s1. The van der Waals surface area contributed by atoms with Crippen LogP contribution in [0.2, 0.25) is 0 Å². The summed E-state index contributed by atoms with van der Waals surface area (Å²) < 4.78 is 0. The van der Waals surface area contributed by atoms with Crippen molar-refractivity contribution < 1.29 is 44.1 Å². The Kier molecular flexibility index (Phi) is 14.9. The Morgan fingerprint density at radius 2 is 1.29 bits per heavy atom. The number of hydrogen-bond donors (Lipinski definition) is 8. The van der Waals surface area contributed by atoms with E-state index in [0.717, 1.165) is 0 Å². The van der Waals surface area contributed by atoms with E-state index in [1.54, 1.807) is 13.8 Å². The van der Waals surface area contributed by atoms with Crippen LogP contribution in [0, 0.1) is 5.92 Å². The van der Waals surface area contributed by atoms with Crippen molar-refractivity contribution in [2.75, 3.05) is 6.54 Å². The molecule has 0 fully saturated rings. The topological polar surface area (TPSA) is 251 Å². The van der Waals surface area contributed by atoms with E-state index in [4.69, 9.17) is 21.7 Å². The molecule has 0 aliphatic carbocycles. The average molecular weight is 504 g/mol. The fraction of sp³-hybridized carbons (Fsp3) is 0.714. The fourth-order valence-electron chi connectivity index (χ4n) is 3.09. The monoisotopic (exact) mass is 503 g/mol. The molecule has 14 nitrogen and oxygen atoms in total. The van der Waals surface area contributed by atoms with Crippen LogP contribution in [0.5, 0.6) is 0 Å². The van der Waals surface area contributed by atoms with Gasteiger partial charge >= 0.3 is 17.9 Å². The van der Waals surface area contributed by atoms with Crippen LogP contribution in [-0.4, -0.2) is 81.7 Å². The molecule has 0 unspecified atom stereocenters. The highest BCUT2D eigenvalue weighted by atomic mass is 16.4. The molecule has 0 aromatic carbocycles. The molecular formula is C21H37N5O9. The Labute approximate surface area is 203 Å². The molecule has 0 radical (unpaired) electrons. The van der Waals surface area contributed by atoms with Gasteiger partial charge in [-0.15, -0.1) is 0 Å². The van der Waals surface area contributed by atoms with Gasteiger partial charge in [0.2, 0.25) is 17.7 Å². The summed E-state index contributed by atoms with van der Waals surface area (Å²) in [5.74, 6) is -6.55. The number of unbranched alkanes of at least 4 members (excludes halogenated alkanes) is 1. The summed E-state index contributed by atoms with van der Waals surface area (Å²) in [7, 11) is 0. The summed E-state index contributed by atoms with van der Waals surface area (Å²) in [4.78, 5) is 71.2. The molecular weight excluding hydrogens is 466 g/mol. The van der Waals surface area contributed by atoms with Crippen molar-refractivity contribution in [3.05, 3.63) is 0 Å². The van der Waals surface area contributed by atoms with Crippen molar-refractivity contribution in [3.8, 4) is 0 Å². The van der Waals surface area contributed by atoms with E-state index in [-0.39, 0.29) is 25.2 Å². The number of aliphatic carboxylic acids is 3. The number of carboxylic acids is 3. The molecule has 14 heteroatoms. The maximum absolute atomic E-state index is 12.9. The van der Waals surface area contributed by atoms with E-state index < -0.39 is 72.6 Å². The first-order valence-corrected chi connectivity index (χ1v) is 11.3. The highest BCUT2D eigenvalue weighted by Gasteiger charge is 2.31. The van der Waals surface area contributed by atoms with Gasteiger partial charge in [-0.25, -0.2) is 4.79 Å². The van der Waals surface area contributed by atoms with E-state index in [1.165, 1.54) is 0 Å². The lowest BCUT2D eigenvalue weighted by Crippen LogP contribution is -2.57. The van der Waals surface area contributed by atoms with Crippen molar-refractivity contribution >= 4 is 35.6 Å². The van der Waals surface area contributed by atoms with Crippen LogP contribution >= 0.6 is 0 Å². The van der Waals surface area contributed by atoms with Crippen LogP contribution < -0.4 is 27.4 Å². The molecule has 0 spiro atoms. The minimum absolute atomic E-state index is 0.0948. The SMILES string of the molecule is CC(C)C[C@H](NC(=O)[C@H](CCC(=O)O)NC(=O)[C@@H](N)CC(=O)O)C(=O)N[C@@H](CCCCN)C(=O)O. The van der Waals surface area contributed by atoms with E-state index >= 15 is 0 Å². The van der Waals surface area contributed by atoms with E-state index in [2.05, 4.69) is 16.0 Å². The zero-order valence-electron chi connectivity index (χ0n) is 20.0. The summed E-state index contributed by atoms with van der Waals surface area (Å²) in [5.41, 5.74) is 10.9. The minimum Gasteiger partial charge on any atom is -0.481 e. The number of rotatable bonds is 18. The Morgan fingerprint density at radius 1 is 0.743 bits per heavy atom. The Morgan fingerprint density at radius 3 is 1.77 bits per heavy atom. The predicted molar refractivity (Wildman–Crippen MR) is 123 cm³/mol. The maximum Gasteiger partial charge on any atom is 0.326 e. The average Bonchev–Trinajstić information content (AvgIpc) is 2.73. The van der Waals surface area contributed by atoms with Crippen LogP contribution in [0.25, 0.3) is 0 Å².